The predicted octanol–water partition coefficient (Wildman–Crippen LogP) is 3.72. The molecule has 1 aliphatic heterocycles. The van der Waals surface area contributed by atoms with Crippen LogP contribution in [0.15, 0.2) is 36.4 Å². The molecule has 2 N–H and O–H groups in total. The highest BCUT2D eigenvalue weighted by Gasteiger charge is 2.27. The molecule has 2 aromatic carbocycles. The summed E-state index contributed by atoms with van der Waals surface area (Å²) in [6, 6.07) is 11.2. The van der Waals surface area contributed by atoms with Crippen LogP contribution in [0, 0.1) is 0 Å². The molecule has 0 aliphatic carbocycles. The number of benzene rings is 2. The van der Waals surface area contributed by atoms with Crippen LogP contribution in [0.2, 0.25) is 0 Å². The maximum atomic E-state index is 12.9. The smallest absolute Gasteiger partial charge is 0.258 e. The van der Waals surface area contributed by atoms with Crippen molar-refractivity contribution in [2.24, 2.45) is 0 Å². The number of aromatic hydroxyl groups is 1. The van der Waals surface area contributed by atoms with Crippen LogP contribution < -0.4 is 0 Å². The van der Waals surface area contributed by atoms with Crippen LogP contribution in [0.5, 0.6) is 5.75 Å². The first-order valence-electron chi connectivity index (χ1n) is 8.29. The molecule has 0 spiro atoms. The lowest BCUT2D eigenvalue weighted by molar-refractivity contribution is 0.0748. The summed E-state index contributed by atoms with van der Waals surface area (Å²) >= 11 is 0. The van der Waals surface area contributed by atoms with E-state index in [1.807, 2.05) is 38.1 Å². The van der Waals surface area contributed by atoms with E-state index >= 15 is 0 Å². The number of phenols is 1. The van der Waals surface area contributed by atoms with E-state index in [-0.39, 0.29) is 17.6 Å². The molecule has 0 saturated heterocycles. The Kier molecular flexibility index (Phi) is 4.33. The molecular weight excluding hydrogens is 302 g/mol. The van der Waals surface area contributed by atoms with E-state index in [9.17, 15) is 15.0 Å². The minimum atomic E-state index is -0.687. The zero-order valence-electron chi connectivity index (χ0n) is 14.3. The van der Waals surface area contributed by atoms with Crippen molar-refractivity contribution in [3.8, 4) is 5.75 Å². The second kappa shape index (κ2) is 6.29. The van der Waals surface area contributed by atoms with Gasteiger partial charge in [-0.05, 0) is 47.2 Å². The van der Waals surface area contributed by atoms with Crippen molar-refractivity contribution in [2.45, 2.75) is 45.9 Å². The largest absolute Gasteiger partial charge is 0.507 e. The van der Waals surface area contributed by atoms with Gasteiger partial charge in [0.15, 0.2) is 0 Å². The molecule has 3 rings (SSSR count). The maximum Gasteiger partial charge on any atom is 0.258 e. The topological polar surface area (TPSA) is 60.8 Å². The van der Waals surface area contributed by atoms with E-state index < -0.39 is 6.10 Å². The lowest BCUT2D eigenvalue weighted by atomic mass is 9.91. The standard InChI is InChI=1S/C20H23NO3/c1-12(2)16-8-18(19(23)9-17(16)13(3)22)20(24)21-10-14-6-4-5-7-15(14)11-21/h4-9,12-13,22-23H,10-11H2,1-3H3. The molecule has 0 fully saturated rings. The number of fused-ring (bicyclic) bond motifs is 1. The first-order valence-corrected chi connectivity index (χ1v) is 8.29. The van der Waals surface area contributed by atoms with Crippen molar-refractivity contribution in [2.75, 3.05) is 0 Å². The Morgan fingerprint density at radius 1 is 1.04 bits per heavy atom. The highest BCUT2D eigenvalue weighted by Crippen LogP contribution is 2.33. The van der Waals surface area contributed by atoms with E-state index in [2.05, 4.69) is 0 Å². The van der Waals surface area contributed by atoms with Crippen LogP contribution in [0.1, 0.15) is 65.4 Å². The number of aliphatic hydroxyl groups is 1. The molecule has 4 heteroatoms. The SMILES string of the molecule is CC(C)c1cc(C(=O)N2Cc3ccccc3C2)c(O)cc1C(C)O. The zero-order chi connectivity index (χ0) is 17.4. The third-order valence-corrected chi connectivity index (χ3v) is 4.63. The van der Waals surface area contributed by atoms with Crippen molar-refractivity contribution in [1.29, 1.82) is 0 Å². The lowest BCUT2D eigenvalue weighted by Gasteiger charge is -2.21. The summed E-state index contributed by atoms with van der Waals surface area (Å²) in [7, 11) is 0. The Balaban J connectivity index is 1.95. The van der Waals surface area contributed by atoms with Crippen molar-refractivity contribution in [1.82, 2.24) is 4.90 Å². The van der Waals surface area contributed by atoms with Gasteiger partial charge in [-0.25, -0.2) is 0 Å². The molecule has 0 saturated carbocycles. The summed E-state index contributed by atoms with van der Waals surface area (Å²) in [5.74, 6) is -0.100. The number of phenolic OH excluding ortho intramolecular Hbond substituents is 1. The van der Waals surface area contributed by atoms with Gasteiger partial charge in [0.05, 0.1) is 11.7 Å². The van der Waals surface area contributed by atoms with E-state index in [4.69, 9.17) is 0 Å². The zero-order valence-corrected chi connectivity index (χ0v) is 14.3. The predicted molar refractivity (Wildman–Crippen MR) is 92.8 cm³/mol. The minimum Gasteiger partial charge on any atom is -0.507 e. The second-order valence-corrected chi connectivity index (χ2v) is 6.76. The molecule has 1 unspecified atom stereocenters. The Morgan fingerprint density at radius 2 is 1.62 bits per heavy atom. The molecule has 0 bridgehead atoms. The van der Waals surface area contributed by atoms with Crippen LogP contribution in [0.25, 0.3) is 0 Å². The Morgan fingerprint density at radius 3 is 2.12 bits per heavy atom. The van der Waals surface area contributed by atoms with E-state index in [1.165, 1.54) is 6.07 Å². The van der Waals surface area contributed by atoms with Crippen LogP contribution in [-0.4, -0.2) is 21.0 Å². The van der Waals surface area contributed by atoms with Gasteiger partial charge in [-0.1, -0.05) is 38.1 Å². The van der Waals surface area contributed by atoms with Gasteiger partial charge in [0.25, 0.3) is 5.91 Å². The van der Waals surface area contributed by atoms with Gasteiger partial charge in [0.2, 0.25) is 0 Å². The average Bonchev–Trinajstić information content (AvgIpc) is 2.97. The van der Waals surface area contributed by atoms with Crippen molar-refractivity contribution < 1.29 is 15.0 Å². The highest BCUT2D eigenvalue weighted by molar-refractivity contribution is 5.97. The van der Waals surface area contributed by atoms with Crippen molar-refractivity contribution >= 4 is 5.91 Å². The highest BCUT2D eigenvalue weighted by atomic mass is 16.3. The fourth-order valence-corrected chi connectivity index (χ4v) is 3.30. The second-order valence-electron chi connectivity index (χ2n) is 6.76. The number of amides is 1. The molecule has 1 amide bonds. The first-order chi connectivity index (χ1) is 11.4. The number of hydrogen-bond acceptors (Lipinski definition) is 3. The molecule has 4 nitrogen and oxygen atoms in total. The minimum absolute atomic E-state index is 0.0729. The Hall–Kier alpha value is -2.33. The van der Waals surface area contributed by atoms with Crippen LogP contribution in [0.4, 0.5) is 0 Å². The van der Waals surface area contributed by atoms with Gasteiger partial charge < -0.3 is 15.1 Å². The quantitative estimate of drug-likeness (QED) is 0.904. The third-order valence-electron chi connectivity index (χ3n) is 4.63. The first kappa shape index (κ1) is 16.5. The van der Waals surface area contributed by atoms with Gasteiger partial charge in [-0.3, -0.25) is 4.79 Å². The summed E-state index contributed by atoms with van der Waals surface area (Å²) in [4.78, 5) is 14.6. The van der Waals surface area contributed by atoms with Crippen LogP contribution in [-0.2, 0) is 13.1 Å². The third kappa shape index (κ3) is 2.89. The van der Waals surface area contributed by atoms with Gasteiger partial charge in [-0.15, -0.1) is 0 Å². The van der Waals surface area contributed by atoms with Gasteiger partial charge >= 0.3 is 0 Å². The normalized spacial score (nSPS) is 14.8. The molecule has 24 heavy (non-hydrogen) atoms. The summed E-state index contributed by atoms with van der Waals surface area (Å²) in [6.07, 6.45) is -0.687. The van der Waals surface area contributed by atoms with Crippen molar-refractivity contribution in [3.05, 3.63) is 64.2 Å². The fourth-order valence-electron chi connectivity index (χ4n) is 3.30. The number of hydrogen-bond donors (Lipinski definition) is 2. The number of rotatable bonds is 3. The lowest BCUT2D eigenvalue weighted by Crippen LogP contribution is -2.25. The number of carbonyl (C=O) groups is 1. The molecule has 0 radical (unpaired) electrons. The van der Waals surface area contributed by atoms with Crippen LogP contribution >= 0.6 is 0 Å². The van der Waals surface area contributed by atoms with Gasteiger partial charge in [0.1, 0.15) is 5.75 Å². The number of nitrogens with zero attached hydrogens (tertiary/aromatic N) is 1. The van der Waals surface area contributed by atoms with Gasteiger partial charge in [0, 0.05) is 13.1 Å². The molecule has 2 aromatic rings. The molecular formula is C20H23NO3. The van der Waals surface area contributed by atoms with E-state index in [0.717, 1.165) is 16.7 Å². The summed E-state index contributed by atoms with van der Waals surface area (Å²) in [6.45, 7) is 6.81. The maximum absolute atomic E-state index is 12.9. The Bertz CT molecular complexity index is 755. The van der Waals surface area contributed by atoms with E-state index in [1.54, 1.807) is 17.9 Å². The Labute approximate surface area is 142 Å². The summed E-state index contributed by atoms with van der Waals surface area (Å²) in [5.41, 5.74) is 4.16. The molecule has 1 heterocycles. The number of carbonyl (C=O) groups excluding carboxylic acids is 1. The van der Waals surface area contributed by atoms with Crippen LogP contribution in [0.3, 0.4) is 0 Å². The number of aliphatic hydroxyl groups excluding tert-OH is 1. The average molecular weight is 325 g/mol. The molecule has 1 atom stereocenters. The van der Waals surface area contributed by atoms with E-state index in [0.29, 0.717) is 24.2 Å². The van der Waals surface area contributed by atoms with Crippen molar-refractivity contribution in [3.63, 3.8) is 0 Å². The molecule has 0 aromatic heterocycles. The summed E-state index contributed by atoms with van der Waals surface area (Å²) < 4.78 is 0. The fraction of sp³-hybridized carbons (Fsp3) is 0.350. The van der Waals surface area contributed by atoms with Gasteiger partial charge in [-0.2, -0.15) is 0 Å². The molecule has 1 aliphatic rings. The monoisotopic (exact) mass is 325 g/mol. The summed E-state index contributed by atoms with van der Waals surface area (Å²) in [5, 5.41) is 20.3. The molecule has 126 valence electrons.